The zero-order valence-electron chi connectivity index (χ0n) is 22.2. The number of hydrogen-bond acceptors (Lipinski definition) is 5. The normalized spacial score (nSPS) is 19.1. The summed E-state index contributed by atoms with van der Waals surface area (Å²) in [5.41, 5.74) is 2.80. The van der Waals surface area contributed by atoms with Gasteiger partial charge in [-0.3, -0.25) is 4.90 Å². The molecule has 2 heterocycles. The van der Waals surface area contributed by atoms with Gasteiger partial charge in [0, 0.05) is 29.5 Å². The van der Waals surface area contributed by atoms with E-state index in [1.807, 2.05) is 60.7 Å². The van der Waals surface area contributed by atoms with Crippen molar-refractivity contribution < 1.29 is 23.0 Å². The fourth-order valence-corrected chi connectivity index (χ4v) is 7.12. The van der Waals surface area contributed by atoms with E-state index < -0.39 is 10.2 Å². The summed E-state index contributed by atoms with van der Waals surface area (Å²) >= 11 is 0. The molecule has 2 aliphatic heterocycles. The van der Waals surface area contributed by atoms with Crippen LogP contribution in [0.15, 0.2) is 77.7 Å². The van der Waals surface area contributed by atoms with Crippen LogP contribution in [0.5, 0.6) is 23.0 Å². The van der Waals surface area contributed by atoms with Crippen molar-refractivity contribution in [3.05, 3.63) is 78.4 Å². The van der Waals surface area contributed by atoms with E-state index in [9.17, 15) is 8.76 Å². The maximum Gasteiger partial charge on any atom is 0.248 e. The van der Waals surface area contributed by atoms with Gasteiger partial charge in [0.25, 0.3) is 0 Å². The van der Waals surface area contributed by atoms with Crippen molar-refractivity contribution in [2.45, 2.75) is 30.6 Å². The minimum atomic E-state index is -2.93. The lowest BCUT2D eigenvalue weighted by molar-refractivity contribution is 0.183. The Morgan fingerprint density at radius 1 is 0.872 bits per heavy atom. The number of methoxy groups -OCH3 is 1. The van der Waals surface area contributed by atoms with Gasteiger partial charge in [-0.1, -0.05) is 16.7 Å². The molecule has 6 rings (SSSR count). The van der Waals surface area contributed by atoms with Crippen LogP contribution in [0.1, 0.15) is 24.8 Å². The maximum absolute atomic E-state index is 12.5. The van der Waals surface area contributed by atoms with Crippen molar-refractivity contribution >= 4 is 21.0 Å². The molecule has 0 bridgehead atoms. The molecule has 0 amide bonds. The van der Waals surface area contributed by atoms with Gasteiger partial charge < -0.3 is 14.2 Å². The molecule has 1 N–H and O–H groups in total. The summed E-state index contributed by atoms with van der Waals surface area (Å²) in [5, 5.41) is 1.96. The van der Waals surface area contributed by atoms with Crippen molar-refractivity contribution in [1.82, 2.24) is 4.90 Å². The third-order valence-corrected chi connectivity index (χ3v) is 9.55. The fraction of sp³-hybridized carbons (Fsp3) is 0.312. The molecule has 39 heavy (non-hydrogen) atoms. The molecule has 0 spiro atoms. The number of rotatable bonds is 8. The van der Waals surface area contributed by atoms with Crippen molar-refractivity contribution in [3.8, 4) is 34.1 Å². The summed E-state index contributed by atoms with van der Waals surface area (Å²) < 4.78 is 40.8. The number of hydrogen-bond donors (Lipinski definition) is 1. The van der Waals surface area contributed by atoms with Crippen LogP contribution in [0.2, 0.25) is 0 Å². The number of benzene rings is 4. The van der Waals surface area contributed by atoms with Gasteiger partial charge in [0.2, 0.25) is 10.2 Å². The van der Waals surface area contributed by atoms with Crippen LogP contribution in [0.4, 0.5) is 0 Å². The smallest absolute Gasteiger partial charge is 0.248 e. The second-order valence-corrected chi connectivity index (χ2v) is 12.4. The predicted octanol–water partition coefficient (Wildman–Crippen LogP) is 7.06. The number of aryl methyl sites for hydroxylation is 1. The van der Waals surface area contributed by atoms with Gasteiger partial charge in [-0.05, 0) is 104 Å². The van der Waals surface area contributed by atoms with E-state index in [2.05, 4.69) is 11.0 Å². The number of ether oxygens (including phenoxy) is 3. The molecule has 4 aromatic rings. The molecule has 2 aliphatic rings. The molecular weight excluding hydrogens is 510 g/mol. The highest BCUT2D eigenvalue weighted by molar-refractivity contribution is 7.98. The summed E-state index contributed by atoms with van der Waals surface area (Å²) in [6.07, 6.45) is 4.49. The molecule has 202 valence electrons. The SMILES string of the molecule is COc1ccc2c(Oc3ccc(OCCN4CCCCC4)cc3)c(-c3ccc4c(c3)CC[S+]4(=O)O)ccc2c1. The molecule has 7 heteroatoms. The highest BCUT2D eigenvalue weighted by Gasteiger charge is 2.38. The largest absolute Gasteiger partial charge is 0.497 e. The Morgan fingerprint density at radius 2 is 1.64 bits per heavy atom. The van der Waals surface area contributed by atoms with E-state index >= 15 is 0 Å². The van der Waals surface area contributed by atoms with Gasteiger partial charge in [0.15, 0.2) is 10.6 Å². The second-order valence-electron chi connectivity index (χ2n) is 10.3. The van der Waals surface area contributed by atoms with E-state index in [4.69, 9.17) is 14.2 Å². The van der Waals surface area contributed by atoms with Crippen LogP contribution in [-0.2, 0) is 20.8 Å². The molecule has 1 atom stereocenters. The van der Waals surface area contributed by atoms with Crippen LogP contribution in [0, 0.1) is 0 Å². The van der Waals surface area contributed by atoms with Gasteiger partial charge in [0.1, 0.15) is 29.6 Å². The zero-order valence-corrected chi connectivity index (χ0v) is 23.0. The van der Waals surface area contributed by atoms with E-state index in [0.717, 1.165) is 51.3 Å². The Kier molecular flexibility index (Phi) is 7.30. The van der Waals surface area contributed by atoms with Crippen LogP contribution in [0.25, 0.3) is 21.9 Å². The first kappa shape index (κ1) is 25.9. The van der Waals surface area contributed by atoms with Crippen LogP contribution < -0.4 is 14.2 Å². The summed E-state index contributed by atoms with van der Waals surface area (Å²) in [6.45, 7) is 3.96. The second kappa shape index (κ2) is 11.0. The van der Waals surface area contributed by atoms with Crippen molar-refractivity contribution in [1.29, 1.82) is 0 Å². The summed E-state index contributed by atoms with van der Waals surface area (Å²) in [7, 11) is -1.27. The Balaban J connectivity index is 1.28. The molecule has 0 radical (unpaired) electrons. The molecule has 1 unspecified atom stereocenters. The maximum atomic E-state index is 12.5. The van der Waals surface area contributed by atoms with Crippen molar-refractivity contribution in [2.75, 3.05) is 39.1 Å². The summed E-state index contributed by atoms with van der Waals surface area (Å²) in [5.74, 6) is 3.33. The van der Waals surface area contributed by atoms with Crippen LogP contribution in [-0.4, -0.2) is 48.6 Å². The summed E-state index contributed by atoms with van der Waals surface area (Å²) in [6, 6.07) is 23.5. The lowest BCUT2D eigenvalue weighted by atomic mass is 9.97. The molecule has 0 saturated carbocycles. The van der Waals surface area contributed by atoms with E-state index in [-0.39, 0.29) is 5.75 Å². The average Bonchev–Trinajstić information content (AvgIpc) is 3.28. The topological polar surface area (TPSA) is 68.2 Å². The van der Waals surface area contributed by atoms with Gasteiger partial charge >= 0.3 is 0 Å². The van der Waals surface area contributed by atoms with Gasteiger partial charge in [-0.15, -0.1) is 0 Å². The van der Waals surface area contributed by atoms with Crippen molar-refractivity contribution in [2.24, 2.45) is 0 Å². The van der Waals surface area contributed by atoms with E-state index in [0.29, 0.717) is 23.7 Å². The molecule has 6 nitrogen and oxygen atoms in total. The Bertz CT molecular complexity index is 1530. The quantitative estimate of drug-likeness (QED) is 0.240. The monoisotopic (exact) mass is 544 g/mol. The van der Waals surface area contributed by atoms with Gasteiger partial charge in [0.05, 0.1) is 7.11 Å². The Hall–Kier alpha value is -3.39. The molecular formula is C32H34NO5S+. The lowest BCUT2D eigenvalue weighted by Gasteiger charge is -2.26. The standard InChI is InChI=1S/C32H33NO5S/c1-36-28-11-13-30-24(22-28)5-12-29(23-6-14-31-25(21-23)15-20-39(31,34)35)32(30)38-27-9-7-26(8-10-27)37-19-18-33-16-3-2-4-17-33/h5-14,21-22H,2-4,15-20H2,1H3/p+1. The third-order valence-electron chi connectivity index (χ3n) is 7.71. The number of fused-ring (bicyclic) bond motifs is 2. The Labute approximate surface area is 230 Å². The molecule has 4 aromatic carbocycles. The first-order chi connectivity index (χ1) is 19.0. The molecule has 1 fully saturated rings. The number of nitrogens with zero attached hydrogens (tertiary/aromatic N) is 1. The number of piperidine rings is 1. The van der Waals surface area contributed by atoms with Crippen LogP contribution >= 0.6 is 0 Å². The summed E-state index contributed by atoms with van der Waals surface area (Å²) in [4.78, 5) is 3.02. The van der Waals surface area contributed by atoms with Gasteiger partial charge in [-0.25, -0.2) is 0 Å². The van der Waals surface area contributed by atoms with E-state index in [1.165, 1.54) is 32.4 Å². The highest BCUT2D eigenvalue weighted by atomic mass is 32.3. The third kappa shape index (κ3) is 5.53. The number of likely N-dealkylation sites (tertiary alicyclic amines) is 1. The minimum absolute atomic E-state index is 0.277. The fourth-order valence-electron chi connectivity index (χ4n) is 5.55. The average molecular weight is 545 g/mol. The van der Waals surface area contributed by atoms with Crippen LogP contribution in [0.3, 0.4) is 0 Å². The molecule has 0 aromatic heterocycles. The van der Waals surface area contributed by atoms with E-state index in [1.54, 1.807) is 13.2 Å². The molecule has 0 aliphatic carbocycles. The Morgan fingerprint density at radius 3 is 2.44 bits per heavy atom. The lowest BCUT2D eigenvalue weighted by Crippen LogP contribution is -2.33. The predicted molar refractivity (Wildman–Crippen MR) is 156 cm³/mol. The molecule has 1 saturated heterocycles. The zero-order chi connectivity index (χ0) is 26.8. The minimum Gasteiger partial charge on any atom is -0.497 e. The first-order valence-electron chi connectivity index (χ1n) is 13.6. The van der Waals surface area contributed by atoms with Crippen molar-refractivity contribution in [3.63, 3.8) is 0 Å². The highest BCUT2D eigenvalue weighted by Crippen LogP contribution is 2.42. The van der Waals surface area contributed by atoms with Gasteiger partial charge in [-0.2, -0.15) is 4.55 Å². The first-order valence-corrected chi connectivity index (χ1v) is 15.3.